The number of nitrogens with one attached hydrogen (secondary N) is 2. The monoisotopic (exact) mass is 227 g/mol. The molecule has 3 nitrogen and oxygen atoms in total. The predicted octanol–water partition coefficient (Wildman–Crippen LogP) is 3.45. The van der Waals surface area contributed by atoms with Crippen LogP contribution in [0.4, 0.5) is 15.9 Å². The molecule has 0 amide bonds. The Kier molecular flexibility index (Phi) is 2.26. The summed E-state index contributed by atoms with van der Waals surface area (Å²) in [6.07, 6.45) is 0. The van der Waals surface area contributed by atoms with Gasteiger partial charge in [-0.1, -0.05) is 24.3 Å². The van der Waals surface area contributed by atoms with Gasteiger partial charge in [-0.3, -0.25) is 5.10 Å². The van der Waals surface area contributed by atoms with Crippen LogP contribution in [0.25, 0.3) is 10.9 Å². The normalized spacial score (nSPS) is 10.6. The van der Waals surface area contributed by atoms with Crippen LogP contribution in [0.1, 0.15) is 0 Å². The van der Waals surface area contributed by atoms with Gasteiger partial charge in [-0.05, 0) is 24.3 Å². The minimum absolute atomic E-state index is 0.292. The summed E-state index contributed by atoms with van der Waals surface area (Å²) in [5.41, 5.74) is 1.34. The Morgan fingerprint density at radius 2 is 1.76 bits per heavy atom. The molecule has 0 saturated carbocycles. The number of benzene rings is 2. The minimum atomic E-state index is -0.292. The molecule has 0 aliphatic carbocycles. The van der Waals surface area contributed by atoms with E-state index in [-0.39, 0.29) is 5.82 Å². The van der Waals surface area contributed by atoms with Gasteiger partial charge in [-0.15, -0.1) is 0 Å². The average Bonchev–Trinajstić information content (AvgIpc) is 2.76. The molecule has 0 radical (unpaired) electrons. The first-order valence-corrected chi connectivity index (χ1v) is 5.29. The highest BCUT2D eigenvalue weighted by Crippen LogP contribution is 2.24. The van der Waals surface area contributed by atoms with Crippen molar-refractivity contribution in [3.05, 3.63) is 54.3 Å². The van der Waals surface area contributed by atoms with Crippen molar-refractivity contribution < 1.29 is 4.39 Å². The average molecular weight is 227 g/mol. The van der Waals surface area contributed by atoms with Gasteiger partial charge < -0.3 is 5.32 Å². The van der Waals surface area contributed by atoms with E-state index in [9.17, 15) is 4.39 Å². The molecule has 0 saturated heterocycles. The van der Waals surface area contributed by atoms with Crippen molar-refractivity contribution in [1.82, 2.24) is 10.2 Å². The third-order valence-corrected chi connectivity index (χ3v) is 2.60. The number of hydrogen-bond acceptors (Lipinski definition) is 2. The maximum absolute atomic E-state index is 13.5. The zero-order chi connectivity index (χ0) is 11.7. The van der Waals surface area contributed by atoms with Gasteiger partial charge in [0, 0.05) is 5.39 Å². The lowest BCUT2D eigenvalue weighted by Gasteiger charge is -2.04. The fraction of sp³-hybridized carbons (Fsp3) is 0. The standard InChI is InChI=1S/C13H10FN3/c14-10-6-2-4-8-12(10)15-13-9-5-1-3-7-11(9)16-17-13/h1-8H,(H2,15,16,17). The molecule has 0 atom stereocenters. The number of anilines is 2. The lowest BCUT2D eigenvalue weighted by atomic mass is 10.2. The molecule has 84 valence electrons. The van der Waals surface area contributed by atoms with Crippen molar-refractivity contribution in [3.63, 3.8) is 0 Å². The van der Waals surface area contributed by atoms with Crippen LogP contribution in [-0.2, 0) is 0 Å². The van der Waals surface area contributed by atoms with Gasteiger partial charge in [-0.25, -0.2) is 4.39 Å². The third-order valence-electron chi connectivity index (χ3n) is 2.60. The van der Waals surface area contributed by atoms with Gasteiger partial charge in [0.2, 0.25) is 0 Å². The predicted molar refractivity (Wildman–Crippen MR) is 65.8 cm³/mol. The van der Waals surface area contributed by atoms with Gasteiger partial charge in [0.25, 0.3) is 0 Å². The zero-order valence-corrected chi connectivity index (χ0v) is 8.94. The van der Waals surface area contributed by atoms with Crippen molar-refractivity contribution in [2.45, 2.75) is 0 Å². The van der Waals surface area contributed by atoms with Crippen LogP contribution in [0.2, 0.25) is 0 Å². The molecule has 0 aliphatic rings. The Labute approximate surface area is 97.3 Å². The summed E-state index contributed by atoms with van der Waals surface area (Å²) >= 11 is 0. The Bertz CT molecular complexity index is 660. The van der Waals surface area contributed by atoms with Gasteiger partial charge in [-0.2, -0.15) is 5.10 Å². The highest BCUT2D eigenvalue weighted by Gasteiger charge is 2.06. The first-order chi connectivity index (χ1) is 8.34. The summed E-state index contributed by atoms with van der Waals surface area (Å²) < 4.78 is 13.5. The van der Waals surface area contributed by atoms with E-state index in [1.54, 1.807) is 18.2 Å². The first-order valence-electron chi connectivity index (χ1n) is 5.29. The second-order valence-electron chi connectivity index (χ2n) is 3.72. The van der Waals surface area contributed by atoms with Crippen molar-refractivity contribution >= 4 is 22.4 Å². The summed E-state index contributed by atoms with van der Waals surface area (Å²) in [5.74, 6) is 0.338. The molecule has 4 heteroatoms. The van der Waals surface area contributed by atoms with E-state index in [1.165, 1.54) is 6.07 Å². The molecular weight excluding hydrogens is 217 g/mol. The van der Waals surface area contributed by atoms with E-state index < -0.39 is 0 Å². The van der Waals surface area contributed by atoms with Gasteiger partial charge in [0.1, 0.15) is 5.82 Å². The second-order valence-corrected chi connectivity index (χ2v) is 3.72. The van der Waals surface area contributed by atoms with Crippen LogP contribution >= 0.6 is 0 Å². The number of H-pyrrole nitrogens is 1. The number of hydrogen-bond donors (Lipinski definition) is 2. The maximum atomic E-state index is 13.5. The smallest absolute Gasteiger partial charge is 0.160 e. The van der Waals surface area contributed by atoms with Crippen molar-refractivity contribution in [2.24, 2.45) is 0 Å². The van der Waals surface area contributed by atoms with E-state index >= 15 is 0 Å². The quantitative estimate of drug-likeness (QED) is 0.704. The Morgan fingerprint density at radius 3 is 2.65 bits per heavy atom. The molecule has 2 N–H and O–H groups in total. The molecular formula is C13H10FN3. The number of nitrogens with zero attached hydrogens (tertiary/aromatic N) is 1. The molecule has 2 aromatic carbocycles. The number of halogens is 1. The minimum Gasteiger partial charge on any atom is -0.336 e. The lowest BCUT2D eigenvalue weighted by molar-refractivity contribution is 0.632. The van der Waals surface area contributed by atoms with E-state index in [4.69, 9.17) is 0 Å². The molecule has 0 fully saturated rings. The van der Waals surface area contributed by atoms with Gasteiger partial charge in [0.15, 0.2) is 5.82 Å². The molecule has 3 aromatic rings. The molecule has 0 unspecified atom stereocenters. The topological polar surface area (TPSA) is 40.7 Å². The largest absolute Gasteiger partial charge is 0.336 e. The second kappa shape index (κ2) is 3.90. The zero-order valence-electron chi connectivity index (χ0n) is 8.94. The van der Waals surface area contributed by atoms with Crippen LogP contribution in [0.3, 0.4) is 0 Å². The molecule has 1 aromatic heterocycles. The molecule has 1 heterocycles. The van der Waals surface area contributed by atoms with Gasteiger partial charge >= 0.3 is 0 Å². The number of para-hydroxylation sites is 2. The van der Waals surface area contributed by atoms with Gasteiger partial charge in [0.05, 0.1) is 11.2 Å². The summed E-state index contributed by atoms with van der Waals surface area (Å²) in [5, 5.41) is 10.9. The summed E-state index contributed by atoms with van der Waals surface area (Å²) in [6.45, 7) is 0. The summed E-state index contributed by atoms with van der Waals surface area (Å²) in [4.78, 5) is 0. The SMILES string of the molecule is Fc1ccccc1Nc1n[nH]c2ccccc12. The number of rotatable bonds is 2. The van der Waals surface area contributed by atoms with E-state index in [0.717, 1.165) is 10.9 Å². The van der Waals surface area contributed by atoms with Crippen molar-refractivity contribution in [1.29, 1.82) is 0 Å². The van der Waals surface area contributed by atoms with E-state index in [2.05, 4.69) is 15.5 Å². The summed E-state index contributed by atoms with van der Waals surface area (Å²) in [7, 11) is 0. The molecule has 0 bridgehead atoms. The molecule has 3 rings (SSSR count). The number of fused-ring (bicyclic) bond motifs is 1. The highest BCUT2D eigenvalue weighted by molar-refractivity contribution is 5.91. The van der Waals surface area contributed by atoms with Crippen molar-refractivity contribution in [2.75, 3.05) is 5.32 Å². The van der Waals surface area contributed by atoms with Crippen LogP contribution in [0.15, 0.2) is 48.5 Å². The van der Waals surface area contributed by atoms with Crippen LogP contribution in [0, 0.1) is 5.82 Å². The Hall–Kier alpha value is -2.36. The third kappa shape index (κ3) is 1.73. The molecule has 0 spiro atoms. The molecule has 17 heavy (non-hydrogen) atoms. The lowest BCUT2D eigenvalue weighted by Crippen LogP contribution is -1.93. The number of aromatic nitrogens is 2. The molecule has 0 aliphatic heterocycles. The van der Waals surface area contributed by atoms with E-state index in [0.29, 0.717) is 11.5 Å². The van der Waals surface area contributed by atoms with Crippen LogP contribution in [-0.4, -0.2) is 10.2 Å². The Morgan fingerprint density at radius 1 is 1.00 bits per heavy atom. The number of aromatic amines is 1. The van der Waals surface area contributed by atoms with E-state index in [1.807, 2.05) is 24.3 Å². The summed E-state index contributed by atoms with van der Waals surface area (Å²) in [6, 6.07) is 14.2. The fourth-order valence-electron chi connectivity index (χ4n) is 1.75. The van der Waals surface area contributed by atoms with Crippen LogP contribution in [0.5, 0.6) is 0 Å². The maximum Gasteiger partial charge on any atom is 0.160 e. The van der Waals surface area contributed by atoms with Crippen LogP contribution < -0.4 is 5.32 Å². The van der Waals surface area contributed by atoms with Crippen molar-refractivity contribution in [3.8, 4) is 0 Å². The first kappa shape index (κ1) is 9.84. The fourth-order valence-corrected chi connectivity index (χ4v) is 1.75. The Balaban J connectivity index is 2.03. The highest BCUT2D eigenvalue weighted by atomic mass is 19.1.